The summed E-state index contributed by atoms with van der Waals surface area (Å²) in [5, 5.41) is 0. The van der Waals surface area contributed by atoms with Crippen LogP contribution in [0.4, 0.5) is 0 Å². The summed E-state index contributed by atoms with van der Waals surface area (Å²) < 4.78 is 23.7. The van der Waals surface area contributed by atoms with Crippen LogP contribution in [0.3, 0.4) is 0 Å². The third-order valence-corrected chi connectivity index (χ3v) is 7.53. The van der Waals surface area contributed by atoms with Crippen LogP contribution in [0.1, 0.15) is 37.3 Å². The average Bonchev–Trinajstić information content (AvgIpc) is 2.49. The molecule has 1 aromatic carbocycles. The molecule has 1 fully saturated rings. The van der Waals surface area contributed by atoms with Crippen molar-refractivity contribution < 1.29 is 13.2 Å². The van der Waals surface area contributed by atoms with Crippen LogP contribution in [0.15, 0.2) is 24.3 Å². The van der Waals surface area contributed by atoms with Gasteiger partial charge in [-0.2, -0.15) is 0 Å². The molecule has 1 amide bonds. The molecule has 0 saturated carbocycles. The van der Waals surface area contributed by atoms with Gasteiger partial charge in [-0.05, 0) is 37.8 Å². The van der Waals surface area contributed by atoms with Crippen LogP contribution < -0.4 is 0 Å². The topological polar surface area (TPSA) is 54.5 Å². The van der Waals surface area contributed by atoms with Gasteiger partial charge in [-0.3, -0.25) is 4.79 Å². The van der Waals surface area contributed by atoms with E-state index in [1.165, 1.54) is 5.56 Å². The summed E-state index contributed by atoms with van der Waals surface area (Å²) >= 11 is 0. The Morgan fingerprint density at radius 1 is 1.24 bits per heavy atom. The molecule has 1 atom stereocenters. The van der Waals surface area contributed by atoms with Crippen molar-refractivity contribution in [1.29, 1.82) is 0 Å². The van der Waals surface area contributed by atoms with Crippen molar-refractivity contribution in [2.24, 2.45) is 0 Å². The normalized spacial score (nSPS) is 26.4. The molecule has 1 aliphatic carbocycles. The minimum absolute atomic E-state index is 0.0696. The number of hydrogen-bond donors (Lipinski definition) is 0. The molecule has 114 valence electrons. The zero-order chi connectivity index (χ0) is 15.3. The summed E-state index contributed by atoms with van der Waals surface area (Å²) in [6, 6.07) is 7.99. The van der Waals surface area contributed by atoms with Crippen molar-refractivity contribution in [3.05, 3.63) is 35.4 Å². The number of sulfone groups is 1. The largest absolute Gasteiger partial charge is 0.341 e. The maximum Gasteiger partial charge on any atom is 0.230 e. The van der Waals surface area contributed by atoms with Crippen molar-refractivity contribution in [1.82, 2.24) is 4.90 Å². The van der Waals surface area contributed by atoms with E-state index in [2.05, 4.69) is 6.07 Å². The summed E-state index contributed by atoms with van der Waals surface area (Å²) in [7, 11) is -3.13. The highest BCUT2D eigenvalue weighted by atomic mass is 32.2. The fraction of sp³-hybridized carbons (Fsp3) is 0.562. The summed E-state index contributed by atoms with van der Waals surface area (Å²) in [5.74, 6) is 0.0758. The Morgan fingerprint density at radius 2 is 1.95 bits per heavy atom. The number of carbonyl (C=O) groups excluding carboxylic acids is 1. The summed E-state index contributed by atoms with van der Waals surface area (Å²) in [6.45, 7) is 4.37. The zero-order valence-electron chi connectivity index (χ0n) is 12.5. The first-order chi connectivity index (χ1) is 9.82. The molecule has 0 bridgehead atoms. The van der Waals surface area contributed by atoms with Gasteiger partial charge >= 0.3 is 0 Å². The molecule has 0 radical (unpaired) electrons. The average molecular weight is 307 g/mol. The monoisotopic (exact) mass is 307 g/mol. The fourth-order valence-corrected chi connectivity index (χ4v) is 4.51. The molecule has 0 aromatic heterocycles. The molecule has 1 saturated heterocycles. The van der Waals surface area contributed by atoms with Crippen LogP contribution in [0.25, 0.3) is 0 Å². The van der Waals surface area contributed by atoms with E-state index in [0.29, 0.717) is 19.5 Å². The molecule has 1 aromatic rings. The molecule has 1 heterocycles. The molecule has 21 heavy (non-hydrogen) atoms. The Bertz CT molecular complexity index is 679. The summed E-state index contributed by atoms with van der Waals surface area (Å²) in [5.41, 5.74) is 2.34. The maximum absolute atomic E-state index is 12.6. The fourth-order valence-electron chi connectivity index (χ4n) is 3.10. The lowest BCUT2D eigenvalue weighted by Crippen LogP contribution is -2.40. The van der Waals surface area contributed by atoms with Crippen molar-refractivity contribution in [3.8, 4) is 0 Å². The molecule has 5 heteroatoms. The Balaban J connectivity index is 1.76. The second-order valence-corrected chi connectivity index (χ2v) is 9.35. The second-order valence-electron chi connectivity index (χ2n) is 6.61. The maximum atomic E-state index is 12.6. The van der Waals surface area contributed by atoms with Gasteiger partial charge in [0.25, 0.3) is 0 Å². The molecular weight excluding hydrogens is 286 g/mol. The summed E-state index contributed by atoms with van der Waals surface area (Å²) in [6.07, 6.45) is 1.29. The highest BCUT2D eigenvalue weighted by molar-refractivity contribution is 7.92. The molecule has 1 aliphatic heterocycles. The molecule has 0 spiro atoms. The molecule has 3 rings (SSSR count). The molecule has 2 aliphatic rings. The van der Waals surface area contributed by atoms with Gasteiger partial charge in [0, 0.05) is 13.1 Å². The van der Waals surface area contributed by atoms with Gasteiger partial charge in [-0.25, -0.2) is 8.42 Å². The van der Waals surface area contributed by atoms with Crippen LogP contribution in [-0.2, 0) is 21.1 Å². The lowest BCUT2D eigenvalue weighted by atomic mass is 9.77. The lowest BCUT2D eigenvalue weighted by molar-refractivity contribution is -0.133. The number of carbonyl (C=O) groups is 1. The van der Waals surface area contributed by atoms with E-state index in [4.69, 9.17) is 0 Å². The van der Waals surface area contributed by atoms with Crippen molar-refractivity contribution in [3.63, 3.8) is 0 Å². The van der Waals surface area contributed by atoms with Gasteiger partial charge in [0.2, 0.25) is 5.91 Å². The van der Waals surface area contributed by atoms with Crippen LogP contribution >= 0.6 is 0 Å². The SMILES string of the molecule is CC1(C)CCN(C(=O)C2Cc3ccccc32)CCS1(=O)=O. The Hall–Kier alpha value is -1.36. The third-order valence-electron chi connectivity index (χ3n) is 4.92. The zero-order valence-corrected chi connectivity index (χ0v) is 13.3. The van der Waals surface area contributed by atoms with E-state index in [9.17, 15) is 13.2 Å². The molecule has 1 unspecified atom stereocenters. The van der Waals surface area contributed by atoms with Gasteiger partial charge < -0.3 is 4.90 Å². The number of fused-ring (bicyclic) bond motifs is 1. The first-order valence-corrected chi connectivity index (χ1v) is 9.06. The summed E-state index contributed by atoms with van der Waals surface area (Å²) in [4.78, 5) is 14.4. The second kappa shape index (κ2) is 4.83. The minimum Gasteiger partial charge on any atom is -0.341 e. The minimum atomic E-state index is -3.13. The number of nitrogens with zero attached hydrogens (tertiary/aromatic N) is 1. The highest BCUT2D eigenvalue weighted by Crippen LogP contribution is 2.37. The Kier molecular flexibility index (Phi) is 3.35. The van der Waals surface area contributed by atoms with E-state index in [-0.39, 0.29) is 17.6 Å². The van der Waals surface area contributed by atoms with E-state index in [1.54, 1.807) is 18.7 Å². The van der Waals surface area contributed by atoms with E-state index in [0.717, 1.165) is 12.0 Å². The molecular formula is C16H21NO3S. The Labute approximate surface area is 126 Å². The highest BCUT2D eigenvalue weighted by Gasteiger charge is 2.40. The van der Waals surface area contributed by atoms with Gasteiger partial charge in [0.1, 0.15) is 0 Å². The van der Waals surface area contributed by atoms with Crippen LogP contribution in [0, 0.1) is 0 Å². The van der Waals surface area contributed by atoms with Gasteiger partial charge in [-0.15, -0.1) is 0 Å². The lowest BCUT2D eigenvalue weighted by Gasteiger charge is -2.33. The number of benzene rings is 1. The van der Waals surface area contributed by atoms with E-state index < -0.39 is 14.6 Å². The number of rotatable bonds is 1. The van der Waals surface area contributed by atoms with Gasteiger partial charge in [0.15, 0.2) is 9.84 Å². The van der Waals surface area contributed by atoms with Crippen molar-refractivity contribution in [2.45, 2.75) is 37.4 Å². The predicted octanol–water partition coefficient (Wildman–Crippen LogP) is 1.75. The first-order valence-electron chi connectivity index (χ1n) is 7.41. The predicted molar refractivity (Wildman–Crippen MR) is 81.9 cm³/mol. The first kappa shape index (κ1) is 14.6. The third kappa shape index (κ3) is 2.37. The van der Waals surface area contributed by atoms with Gasteiger partial charge in [-0.1, -0.05) is 24.3 Å². The quantitative estimate of drug-likeness (QED) is 0.794. The number of amides is 1. The van der Waals surface area contributed by atoms with E-state index in [1.807, 2.05) is 18.2 Å². The van der Waals surface area contributed by atoms with Crippen LogP contribution in [-0.4, -0.2) is 42.8 Å². The molecule has 0 N–H and O–H groups in total. The molecule has 4 nitrogen and oxygen atoms in total. The number of hydrogen-bond acceptors (Lipinski definition) is 3. The Morgan fingerprint density at radius 3 is 2.67 bits per heavy atom. The smallest absolute Gasteiger partial charge is 0.230 e. The van der Waals surface area contributed by atoms with Gasteiger partial charge in [0.05, 0.1) is 16.4 Å². The van der Waals surface area contributed by atoms with Crippen molar-refractivity contribution >= 4 is 15.7 Å². The standard InChI is InChI=1S/C16H21NO3S/c1-16(2)7-8-17(9-10-21(16,19)20)15(18)14-11-12-5-3-4-6-13(12)14/h3-6,14H,7-11H2,1-2H3. The van der Waals surface area contributed by atoms with E-state index >= 15 is 0 Å². The van der Waals surface area contributed by atoms with Crippen molar-refractivity contribution in [2.75, 3.05) is 18.8 Å². The van der Waals surface area contributed by atoms with Crippen LogP contribution in [0.5, 0.6) is 0 Å². The van der Waals surface area contributed by atoms with Crippen LogP contribution in [0.2, 0.25) is 0 Å².